The molecular formula is C24H24ClN5O4. The van der Waals surface area contributed by atoms with Crippen molar-refractivity contribution < 1.29 is 14.1 Å². The number of rotatable bonds is 7. The summed E-state index contributed by atoms with van der Waals surface area (Å²) in [4.78, 5) is 28.5. The summed E-state index contributed by atoms with van der Waals surface area (Å²) in [5.74, 6) is 0.378. The lowest BCUT2D eigenvalue weighted by molar-refractivity contribution is -0.384. The Morgan fingerprint density at radius 2 is 1.85 bits per heavy atom. The van der Waals surface area contributed by atoms with Crippen LogP contribution in [0.2, 0.25) is 5.02 Å². The second-order valence-electron chi connectivity index (χ2n) is 8.68. The molecule has 1 saturated heterocycles. The number of hydrogen-bond acceptors (Lipinski definition) is 7. The molecule has 2 heterocycles. The first-order chi connectivity index (χ1) is 16.5. The maximum Gasteiger partial charge on any atom is 0.293 e. The Morgan fingerprint density at radius 3 is 2.53 bits per heavy atom. The van der Waals surface area contributed by atoms with Crippen molar-refractivity contribution >= 4 is 28.9 Å². The van der Waals surface area contributed by atoms with Crippen molar-refractivity contribution in [1.82, 2.24) is 15.1 Å². The molecule has 0 N–H and O–H groups in total. The summed E-state index contributed by atoms with van der Waals surface area (Å²) in [7, 11) is 0. The minimum absolute atomic E-state index is 0.0358. The van der Waals surface area contributed by atoms with E-state index in [2.05, 4.69) is 10.2 Å². The van der Waals surface area contributed by atoms with Crippen molar-refractivity contribution in [3.8, 4) is 11.5 Å². The Bertz CT molecular complexity index is 1200. The van der Waals surface area contributed by atoms with Crippen LogP contribution >= 0.6 is 11.6 Å². The highest BCUT2D eigenvalue weighted by Crippen LogP contribution is 2.34. The largest absolute Gasteiger partial charge is 0.419 e. The fraction of sp³-hybridized carbons (Fsp3) is 0.375. The second kappa shape index (κ2) is 9.42. The molecule has 1 amide bonds. The predicted molar refractivity (Wildman–Crippen MR) is 127 cm³/mol. The zero-order valence-corrected chi connectivity index (χ0v) is 19.3. The van der Waals surface area contributed by atoms with Gasteiger partial charge in [0.05, 0.1) is 11.5 Å². The molecule has 1 aliphatic carbocycles. The second-order valence-corrected chi connectivity index (χ2v) is 9.12. The van der Waals surface area contributed by atoms with Crippen LogP contribution in [0.4, 0.5) is 11.4 Å². The molecule has 2 fully saturated rings. The van der Waals surface area contributed by atoms with Crippen molar-refractivity contribution in [3.05, 3.63) is 69.1 Å². The summed E-state index contributed by atoms with van der Waals surface area (Å²) in [6, 6.07) is 11.9. The first-order valence-corrected chi connectivity index (χ1v) is 11.8. The number of nitro benzene ring substituents is 1. The van der Waals surface area contributed by atoms with Gasteiger partial charge < -0.3 is 14.2 Å². The Balaban J connectivity index is 1.37. The standard InChI is InChI=1S/C24H24ClN5O4/c25-18-7-4-16(5-8-18)23-27-26-22(34-23)15-29(19-9-10-19)24(31)17-6-11-20(21(14-17)30(32)33)28-12-2-1-3-13-28/h4-8,11,14,19H,1-3,9-10,12-13,15H2. The molecule has 0 unspecified atom stereocenters. The molecule has 1 aliphatic heterocycles. The van der Waals surface area contributed by atoms with Gasteiger partial charge in [-0.05, 0) is 68.5 Å². The van der Waals surface area contributed by atoms with Gasteiger partial charge in [0.25, 0.3) is 11.6 Å². The summed E-state index contributed by atoms with van der Waals surface area (Å²) >= 11 is 5.94. The Labute approximate surface area is 201 Å². The zero-order chi connectivity index (χ0) is 23.7. The quantitative estimate of drug-likeness (QED) is 0.341. The minimum Gasteiger partial charge on any atom is -0.419 e. The maximum absolute atomic E-state index is 13.4. The molecule has 2 aliphatic rings. The maximum atomic E-state index is 13.4. The first-order valence-electron chi connectivity index (χ1n) is 11.4. The monoisotopic (exact) mass is 481 g/mol. The van der Waals surface area contributed by atoms with E-state index in [1.54, 1.807) is 41.3 Å². The highest BCUT2D eigenvalue weighted by atomic mass is 35.5. The first kappa shape index (κ1) is 22.3. The summed E-state index contributed by atoms with van der Waals surface area (Å²) in [6.07, 6.45) is 4.90. The van der Waals surface area contributed by atoms with Gasteiger partial charge in [-0.1, -0.05) is 11.6 Å². The number of halogens is 1. The molecule has 0 spiro atoms. The average Bonchev–Trinajstić information content (AvgIpc) is 3.60. The van der Waals surface area contributed by atoms with E-state index >= 15 is 0 Å². The van der Waals surface area contributed by atoms with E-state index < -0.39 is 4.92 Å². The van der Waals surface area contributed by atoms with Crippen molar-refractivity contribution in [2.24, 2.45) is 0 Å². The van der Waals surface area contributed by atoms with Crippen LogP contribution in [0.1, 0.15) is 48.4 Å². The topological polar surface area (TPSA) is 106 Å². The lowest BCUT2D eigenvalue weighted by Gasteiger charge is -2.28. The number of anilines is 1. The minimum atomic E-state index is -0.404. The fourth-order valence-corrected chi connectivity index (χ4v) is 4.42. The van der Waals surface area contributed by atoms with Crippen molar-refractivity contribution in [1.29, 1.82) is 0 Å². The SMILES string of the molecule is O=C(c1ccc(N2CCCCC2)c([N+](=O)[O-])c1)N(Cc1nnc(-c2ccc(Cl)cc2)o1)C1CC1. The van der Waals surface area contributed by atoms with Crippen LogP contribution in [0, 0.1) is 10.1 Å². The van der Waals surface area contributed by atoms with E-state index in [0.29, 0.717) is 22.5 Å². The number of amides is 1. The fourth-order valence-electron chi connectivity index (χ4n) is 4.30. The number of benzene rings is 2. The number of carbonyl (C=O) groups excluding carboxylic acids is 1. The van der Waals surface area contributed by atoms with Gasteiger partial charge in [-0.25, -0.2) is 0 Å². The van der Waals surface area contributed by atoms with Crippen molar-refractivity contribution in [2.75, 3.05) is 18.0 Å². The molecule has 5 rings (SSSR count). The molecule has 3 aromatic rings. The van der Waals surface area contributed by atoms with Crippen LogP contribution in [0.15, 0.2) is 46.9 Å². The molecule has 34 heavy (non-hydrogen) atoms. The highest BCUT2D eigenvalue weighted by Gasteiger charge is 2.35. The van der Waals surface area contributed by atoms with Gasteiger partial charge in [0, 0.05) is 41.3 Å². The van der Waals surface area contributed by atoms with Crippen LogP contribution in [0.5, 0.6) is 0 Å². The van der Waals surface area contributed by atoms with Gasteiger partial charge in [0.1, 0.15) is 5.69 Å². The molecule has 0 atom stereocenters. The number of piperidine rings is 1. The number of nitrogens with zero attached hydrogens (tertiary/aromatic N) is 5. The molecule has 0 bridgehead atoms. The number of carbonyl (C=O) groups is 1. The van der Waals surface area contributed by atoms with Gasteiger partial charge in [0.15, 0.2) is 0 Å². The van der Waals surface area contributed by atoms with Crippen molar-refractivity contribution in [2.45, 2.75) is 44.7 Å². The van der Waals surface area contributed by atoms with Crippen LogP contribution in [0.25, 0.3) is 11.5 Å². The van der Waals surface area contributed by atoms with Crippen LogP contribution < -0.4 is 4.90 Å². The summed E-state index contributed by atoms with van der Waals surface area (Å²) in [5, 5.41) is 20.6. The van der Waals surface area contributed by atoms with E-state index in [4.69, 9.17) is 16.0 Å². The molecule has 1 aromatic heterocycles. The lowest BCUT2D eigenvalue weighted by atomic mass is 10.1. The third-order valence-electron chi connectivity index (χ3n) is 6.23. The normalized spacial score (nSPS) is 15.9. The predicted octanol–water partition coefficient (Wildman–Crippen LogP) is 5.09. The molecule has 176 valence electrons. The third-order valence-corrected chi connectivity index (χ3v) is 6.48. The van der Waals surface area contributed by atoms with Crippen LogP contribution in [0.3, 0.4) is 0 Å². The smallest absolute Gasteiger partial charge is 0.293 e. The Kier molecular flexibility index (Phi) is 6.19. The third kappa shape index (κ3) is 4.75. The van der Waals surface area contributed by atoms with Crippen molar-refractivity contribution in [3.63, 3.8) is 0 Å². The summed E-state index contributed by atoms with van der Waals surface area (Å²) < 4.78 is 5.79. The van der Waals surface area contributed by atoms with E-state index in [9.17, 15) is 14.9 Å². The number of nitro groups is 1. The summed E-state index contributed by atoms with van der Waals surface area (Å²) in [5.41, 5.74) is 1.56. The lowest BCUT2D eigenvalue weighted by Crippen LogP contribution is -2.33. The average molecular weight is 482 g/mol. The molecule has 1 saturated carbocycles. The molecule has 2 aromatic carbocycles. The molecular weight excluding hydrogens is 458 g/mol. The van der Waals surface area contributed by atoms with Crippen LogP contribution in [-0.2, 0) is 6.54 Å². The van der Waals surface area contributed by atoms with E-state index in [1.807, 2.05) is 4.90 Å². The number of hydrogen-bond donors (Lipinski definition) is 0. The zero-order valence-electron chi connectivity index (χ0n) is 18.5. The van der Waals surface area contributed by atoms with E-state index in [0.717, 1.165) is 50.8 Å². The van der Waals surface area contributed by atoms with E-state index in [1.165, 1.54) is 6.07 Å². The molecule has 9 nitrogen and oxygen atoms in total. The highest BCUT2D eigenvalue weighted by molar-refractivity contribution is 6.30. The number of aromatic nitrogens is 2. The van der Waals surface area contributed by atoms with Crippen LogP contribution in [-0.4, -0.2) is 45.1 Å². The van der Waals surface area contributed by atoms with Gasteiger partial charge in [0.2, 0.25) is 11.8 Å². The Morgan fingerprint density at radius 1 is 1.12 bits per heavy atom. The molecule has 0 radical (unpaired) electrons. The van der Waals surface area contributed by atoms with Gasteiger partial charge in [-0.15, -0.1) is 10.2 Å². The van der Waals surface area contributed by atoms with Gasteiger partial charge in [-0.2, -0.15) is 0 Å². The van der Waals surface area contributed by atoms with Gasteiger partial charge >= 0.3 is 0 Å². The molecule has 10 heteroatoms. The van der Waals surface area contributed by atoms with E-state index in [-0.39, 0.29) is 29.7 Å². The summed E-state index contributed by atoms with van der Waals surface area (Å²) in [6.45, 7) is 1.72. The Hall–Kier alpha value is -3.46. The van der Waals surface area contributed by atoms with Gasteiger partial charge in [-0.3, -0.25) is 14.9 Å².